The minimum absolute atomic E-state index is 0.00353. The fourth-order valence-corrected chi connectivity index (χ4v) is 2.84. The van der Waals surface area contributed by atoms with Gasteiger partial charge in [-0.15, -0.1) is 11.8 Å². The number of halogens is 4. The highest BCUT2D eigenvalue weighted by atomic mass is 35.5. The van der Waals surface area contributed by atoms with Crippen LogP contribution in [0.15, 0.2) is 35.5 Å². The summed E-state index contributed by atoms with van der Waals surface area (Å²) in [5.74, 6) is -0.319. The summed E-state index contributed by atoms with van der Waals surface area (Å²) in [6.07, 6.45) is -2.50. The minimum atomic E-state index is -4.63. The van der Waals surface area contributed by atoms with Crippen molar-refractivity contribution in [1.29, 1.82) is 0 Å². The number of urea groups is 1. The van der Waals surface area contributed by atoms with E-state index in [0.29, 0.717) is 12.3 Å². The smallest absolute Gasteiger partial charge is 0.417 e. The summed E-state index contributed by atoms with van der Waals surface area (Å²) >= 11 is 6.83. The Labute approximate surface area is 177 Å². The van der Waals surface area contributed by atoms with Crippen molar-refractivity contribution in [3.05, 3.63) is 56.7 Å². The number of aliphatic imine (C=N–C) groups is 1. The Morgan fingerprint density at radius 2 is 2.00 bits per heavy atom. The third-order valence-corrected chi connectivity index (χ3v) is 4.49. The van der Waals surface area contributed by atoms with Crippen molar-refractivity contribution in [2.75, 3.05) is 20.4 Å². The molecule has 2 rings (SSSR count). The number of hydrogen-bond donors (Lipinski definition) is 0. The summed E-state index contributed by atoms with van der Waals surface area (Å²) in [5, 5.41) is 11.0. The van der Waals surface area contributed by atoms with Crippen LogP contribution in [-0.2, 0) is 6.18 Å². The number of nitrogens with zero attached hydrogens (tertiary/aromatic N) is 4. The Balaban J connectivity index is 2.48. The van der Waals surface area contributed by atoms with Crippen molar-refractivity contribution >= 4 is 40.1 Å². The number of nitro benzene ring substituents is 1. The molecule has 0 aliphatic carbocycles. The molecule has 0 spiro atoms. The largest absolute Gasteiger partial charge is 0.438 e. The van der Waals surface area contributed by atoms with Crippen LogP contribution in [0.3, 0.4) is 0 Å². The molecule has 1 aromatic heterocycles. The Morgan fingerprint density at radius 3 is 2.50 bits per heavy atom. The lowest BCUT2D eigenvalue weighted by Crippen LogP contribution is -2.19. The molecule has 160 valence electrons. The highest BCUT2D eigenvalue weighted by Crippen LogP contribution is 2.36. The molecule has 0 aliphatic rings. The average molecular weight is 463 g/mol. The molecule has 0 atom stereocenters. The van der Waals surface area contributed by atoms with Gasteiger partial charge in [-0.3, -0.25) is 10.1 Å². The molecule has 30 heavy (non-hydrogen) atoms. The van der Waals surface area contributed by atoms with Crippen LogP contribution in [0.25, 0.3) is 0 Å². The first kappa shape index (κ1) is 23.4. The van der Waals surface area contributed by atoms with E-state index in [0.717, 1.165) is 17.8 Å². The molecule has 0 N–H and O–H groups in total. The van der Waals surface area contributed by atoms with E-state index in [-0.39, 0.29) is 27.9 Å². The second-order valence-corrected chi connectivity index (χ2v) is 7.05. The first-order chi connectivity index (χ1) is 13.9. The maximum Gasteiger partial charge on any atom is 0.417 e. The van der Waals surface area contributed by atoms with E-state index in [1.807, 2.05) is 0 Å². The second-order valence-electron chi connectivity index (χ2n) is 5.84. The molecule has 0 bridgehead atoms. The number of hydrogen-bond acceptors (Lipinski definition) is 6. The maximum atomic E-state index is 12.7. The van der Waals surface area contributed by atoms with Gasteiger partial charge in [-0.05, 0) is 24.5 Å². The molecular weight excluding hydrogens is 449 g/mol. The third kappa shape index (κ3) is 5.60. The van der Waals surface area contributed by atoms with Gasteiger partial charge in [0.1, 0.15) is 15.8 Å². The lowest BCUT2D eigenvalue weighted by molar-refractivity contribution is -0.385. The third-order valence-electron chi connectivity index (χ3n) is 3.52. The number of alkyl halides is 3. The summed E-state index contributed by atoms with van der Waals surface area (Å²) in [4.78, 5) is 31.2. The normalized spacial score (nSPS) is 11.9. The van der Waals surface area contributed by atoms with Gasteiger partial charge >= 0.3 is 12.2 Å². The summed E-state index contributed by atoms with van der Waals surface area (Å²) in [6.45, 7) is 0. The van der Waals surface area contributed by atoms with Gasteiger partial charge in [0.15, 0.2) is 0 Å². The van der Waals surface area contributed by atoms with E-state index < -0.39 is 27.7 Å². The van der Waals surface area contributed by atoms with Crippen molar-refractivity contribution < 1.29 is 27.6 Å². The molecule has 0 saturated heterocycles. The standard InChI is InChI=1S/C17H14ClF3N4O4S/c1-24(2)16(26)23-15(30-3)11-7-10(4-5-13(11)25(27)28)29-14-12(18)6-9(8-22-14)17(19,20)21/h4-8H,1-3H3. The molecule has 0 saturated carbocycles. The zero-order valence-corrected chi connectivity index (χ0v) is 17.3. The van der Waals surface area contributed by atoms with Crippen molar-refractivity contribution in [3.63, 3.8) is 0 Å². The van der Waals surface area contributed by atoms with Crippen molar-refractivity contribution in [2.45, 2.75) is 6.18 Å². The number of thioether (sulfide) groups is 1. The first-order valence-electron chi connectivity index (χ1n) is 7.97. The van der Waals surface area contributed by atoms with Crippen LogP contribution in [0.1, 0.15) is 11.1 Å². The maximum absolute atomic E-state index is 12.7. The van der Waals surface area contributed by atoms with Gasteiger partial charge < -0.3 is 9.64 Å². The Kier molecular flexibility index (Phi) is 7.26. The number of amides is 2. The van der Waals surface area contributed by atoms with Gasteiger partial charge in [0.05, 0.1) is 16.1 Å². The van der Waals surface area contributed by atoms with Crippen molar-refractivity contribution in [1.82, 2.24) is 9.88 Å². The minimum Gasteiger partial charge on any atom is -0.438 e. The topological polar surface area (TPSA) is 97.9 Å². The molecule has 0 fully saturated rings. The summed E-state index contributed by atoms with van der Waals surface area (Å²) < 4.78 is 43.6. The summed E-state index contributed by atoms with van der Waals surface area (Å²) in [6, 6.07) is 3.59. The number of pyridine rings is 1. The van der Waals surface area contributed by atoms with Crippen LogP contribution in [0, 0.1) is 10.1 Å². The zero-order valence-electron chi connectivity index (χ0n) is 15.7. The zero-order chi connectivity index (χ0) is 22.6. The fraction of sp³-hybridized carbons (Fsp3) is 0.235. The van der Waals surface area contributed by atoms with E-state index in [1.165, 1.54) is 31.1 Å². The van der Waals surface area contributed by atoms with E-state index in [1.54, 1.807) is 6.26 Å². The quantitative estimate of drug-likeness (QED) is 0.266. The molecule has 2 amide bonds. The second kappa shape index (κ2) is 9.30. The predicted molar refractivity (Wildman–Crippen MR) is 107 cm³/mol. The number of carbonyl (C=O) groups is 1. The molecule has 0 unspecified atom stereocenters. The van der Waals surface area contributed by atoms with Crippen LogP contribution in [0.2, 0.25) is 5.02 Å². The van der Waals surface area contributed by atoms with Crippen LogP contribution in [0.5, 0.6) is 11.6 Å². The lowest BCUT2D eigenvalue weighted by Gasteiger charge is -2.12. The first-order valence-corrected chi connectivity index (χ1v) is 9.57. The Morgan fingerprint density at radius 1 is 1.33 bits per heavy atom. The molecule has 0 radical (unpaired) electrons. The van der Waals surface area contributed by atoms with Crippen LogP contribution < -0.4 is 4.74 Å². The summed E-state index contributed by atoms with van der Waals surface area (Å²) in [5.41, 5.74) is -1.40. The number of carbonyl (C=O) groups excluding carboxylic acids is 1. The number of rotatable bonds is 4. The molecule has 13 heteroatoms. The highest BCUT2D eigenvalue weighted by Gasteiger charge is 2.32. The molecule has 2 aromatic rings. The van der Waals surface area contributed by atoms with Crippen LogP contribution in [-0.4, -0.2) is 46.2 Å². The number of benzene rings is 1. The number of nitro groups is 1. The SMILES string of the molecule is CSC(=NC(=O)N(C)C)c1cc(Oc2ncc(C(F)(F)F)cc2Cl)ccc1[N+](=O)[O-]. The molecule has 1 aromatic carbocycles. The van der Waals surface area contributed by atoms with E-state index >= 15 is 0 Å². The average Bonchev–Trinajstić information content (AvgIpc) is 2.66. The van der Waals surface area contributed by atoms with Gasteiger partial charge in [-0.1, -0.05) is 11.6 Å². The molecule has 0 aliphatic heterocycles. The molecule has 8 nitrogen and oxygen atoms in total. The monoisotopic (exact) mass is 462 g/mol. The van der Waals surface area contributed by atoms with Gasteiger partial charge in [0.25, 0.3) is 5.69 Å². The van der Waals surface area contributed by atoms with Crippen LogP contribution in [0.4, 0.5) is 23.7 Å². The van der Waals surface area contributed by atoms with E-state index in [2.05, 4.69) is 9.98 Å². The van der Waals surface area contributed by atoms with Gasteiger partial charge in [0, 0.05) is 26.4 Å². The number of aromatic nitrogens is 1. The predicted octanol–water partition coefficient (Wildman–Crippen LogP) is 5.25. The van der Waals surface area contributed by atoms with Gasteiger partial charge in [0.2, 0.25) is 5.88 Å². The highest BCUT2D eigenvalue weighted by molar-refractivity contribution is 8.13. The Bertz CT molecular complexity index is 1010. The van der Waals surface area contributed by atoms with Crippen molar-refractivity contribution in [2.24, 2.45) is 4.99 Å². The van der Waals surface area contributed by atoms with Gasteiger partial charge in [-0.25, -0.2) is 9.78 Å². The van der Waals surface area contributed by atoms with E-state index in [4.69, 9.17) is 16.3 Å². The molecule has 1 heterocycles. The lowest BCUT2D eigenvalue weighted by atomic mass is 10.2. The van der Waals surface area contributed by atoms with Crippen LogP contribution >= 0.6 is 23.4 Å². The fourth-order valence-electron chi connectivity index (χ4n) is 2.08. The van der Waals surface area contributed by atoms with Gasteiger partial charge in [-0.2, -0.15) is 18.2 Å². The summed E-state index contributed by atoms with van der Waals surface area (Å²) in [7, 11) is 2.94. The number of ether oxygens (including phenoxy) is 1. The molecular formula is C17H14ClF3N4O4S. The van der Waals surface area contributed by atoms with E-state index in [9.17, 15) is 28.1 Å². The Hall–Kier alpha value is -2.86. The van der Waals surface area contributed by atoms with Crippen molar-refractivity contribution in [3.8, 4) is 11.6 Å².